The van der Waals surface area contributed by atoms with Crippen LogP contribution in [0.25, 0.3) is 0 Å². The zero-order chi connectivity index (χ0) is 13.3. The van der Waals surface area contributed by atoms with E-state index in [0.29, 0.717) is 0 Å². The molecule has 0 saturated carbocycles. The SMILES string of the molecule is CC(C)(C)c1ccc(C(=O)NS(=O)(=O)O)cc1. The first-order valence-corrected chi connectivity index (χ1v) is 6.44. The number of rotatable bonds is 2. The third-order valence-corrected chi connectivity index (χ3v) is 2.68. The van der Waals surface area contributed by atoms with Crippen LogP contribution in [0.2, 0.25) is 0 Å². The molecule has 1 aromatic carbocycles. The summed E-state index contributed by atoms with van der Waals surface area (Å²) in [5.41, 5.74) is 1.16. The van der Waals surface area contributed by atoms with E-state index in [9.17, 15) is 13.2 Å². The number of hydrogen-bond donors (Lipinski definition) is 2. The number of hydrogen-bond acceptors (Lipinski definition) is 3. The summed E-state index contributed by atoms with van der Waals surface area (Å²) in [6, 6.07) is 6.53. The van der Waals surface area contributed by atoms with Crippen molar-refractivity contribution < 1.29 is 17.8 Å². The van der Waals surface area contributed by atoms with Crippen molar-refractivity contribution in [2.24, 2.45) is 0 Å². The van der Waals surface area contributed by atoms with E-state index in [0.717, 1.165) is 5.56 Å². The van der Waals surface area contributed by atoms with Gasteiger partial charge in [0.05, 0.1) is 0 Å². The highest BCUT2D eigenvalue weighted by atomic mass is 32.2. The molecule has 0 spiro atoms. The average Bonchev–Trinajstić information content (AvgIpc) is 2.14. The summed E-state index contributed by atoms with van der Waals surface area (Å²) in [6.45, 7) is 6.08. The van der Waals surface area contributed by atoms with Gasteiger partial charge < -0.3 is 0 Å². The predicted molar refractivity (Wildman–Crippen MR) is 64.2 cm³/mol. The van der Waals surface area contributed by atoms with Crippen molar-refractivity contribution in [1.82, 2.24) is 4.72 Å². The van der Waals surface area contributed by atoms with E-state index in [1.54, 1.807) is 12.1 Å². The van der Waals surface area contributed by atoms with Gasteiger partial charge in [-0.2, -0.15) is 8.42 Å². The Labute approximate surface area is 101 Å². The van der Waals surface area contributed by atoms with E-state index in [1.807, 2.05) is 20.8 Å². The molecule has 17 heavy (non-hydrogen) atoms. The molecule has 0 aliphatic heterocycles. The smallest absolute Gasteiger partial charge is 0.269 e. The summed E-state index contributed by atoms with van der Waals surface area (Å²) in [6.07, 6.45) is 0. The highest BCUT2D eigenvalue weighted by Gasteiger charge is 2.16. The number of carbonyl (C=O) groups excluding carboxylic acids is 1. The fourth-order valence-electron chi connectivity index (χ4n) is 1.30. The van der Waals surface area contributed by atoms with Crippen LogP contribution in [0.4, 0.5) is 0 Å². The van der Waals surface area contributed by atoms with Gasteiger partial charge in [0.1, 0.15) is 0 Å². The molecule has 0 aromatic heterocycles. The van der Waals surface area contributed by atoms with Crippen LogP contribution >= 0.6 is 0 Å². The van der Waals surface area contributed by atoms with Gasteiger partial charge in [-0.05, 0) is 23.1 Å². The summed E-state index contributed by atoms with van der Waals surface area (Å²) in [4.78, 5) is 11.4. The summed E-state index contributed by atoms with van der Waals surface area (Å²) in [7, 11) is -4.51. The minimum atomic E-state index is -4.51. The maximum Gasteiger partial charge on any atom is 0.359 e. The number of amides is 1. The Balaban J connectivity index is 2.93. The highest BCUT2D eigenvalue weighted by Crippen LogP contribution is 2.22. The predicted octanol–water partition coefficient (Wildman–Crippen LogP) is 1.52. The molecule has 0 heterocycles. The molecule has 1 rings (SSSR count). The molecule has 0 aliphatic carbocycles. The lowest BCUT2D eigenvalue weighted by molar-refractivity contribution is 0.0978. The van der Waals surface area contributed by atoms with Gasteiger partial charge in [0.25, 0.3) is 5.91 Å². The maximum absolute atomic E-state index is 11.4. The van der Waals surface area contributed by atoms with Gasteiger partial charge in [-0.25, -0.2) is 4.72 Å². The Bertz CT molecular complexity index is 511. The number of carbonyl (C=O) groups is 1. The first kappa shape index (κ1) is 13.7. The van der Waals surface area contributed by atoms with E-state index in [2.05, 4.69) is 0 Å². The second kappa shape index (κ2) is 4.46. The van der Waals surface area contributed by atoms with Crippen molar-refractivity contribution in [1.29, 1.82) is 0 Å². The molecule has 1 amide bonds. The lowest BCUT2D eigenvalue weighted by atomic mass is 9.87. The van der Waals surface area contributed by atoms with Gasteiger partial charge in [0.15, 0.2) is 0 Å². The summed E-state index contributed by atoms with van der Waals surface area (Å²) >= 11 is 0. The molecule has 1 aromatic rings. The van der Waals surface area contributed by atoms with Crippen LogP contribution < -0.4 is 4.72 Å². The van der Waals surface area contributed by atoms with Gasteiger partial charge in [-0.15, -0.1) is 0 Å². The molecule has 5 nitrogen and oxygen atoms in total. The van der Waals surface area contributed by atoms with Crippen molar-refractivity contribution in [3.05, 3.63) is 35.4 Å². The quantitative estimate of drug-likeness (QED) is 0.787. The minimum Gasteiger partial charge on any atom is -0.269 e. The van der Waals surface area contributed by atoms with Crippen molar-refractivity contribution in [3.8, 4) is 0 Å². The van der Waals surface area contributed by atoms with Crippen molar-refractivity contribution in [2.75, 3.05) is 0 Å². The van der Waals surface area contributed by atoms with Crippen LogP contribution in [-0.2, 0) is 15.7 Å². The zero-order valence-corrected chi connectivity index (χ0v) is 10.7. The molecule has 0 unspecified atom stereocenters. The molecule has 6 heteroatoms. The van der Waals surface area contributed by atoms with Crippen molar-refractivity contribution >= 4 is 16.2 Å². The van der Waals surface area contributed by atoms with E-state index in [4.69, 9.17) is 4.55 Å². The summed E-state index contributed by atoms with van der Waals surface area (Å²) in [5, 5.41) is 0. The Morgan fingerprint density at radius 2 is 1.65 bits per heavy atom. The summed E-state index contributed by atoms with van der Waals surface area (Å²) in [5.74, 6) is -0.854. The Morgan fingerprint density at radius 1 is 1.18 bits per heavy atom. The lowest BCUT2D eigenvalue weighted by Gasteiger charge is -2.18. The van der Waals surface area contributed by atoms with E-state index < -0.39 is 16.2 Å². The molecule has 0 bridgehead atoms. The number of benzene rings is 1. The largest absolute Gasteiger partial charge is 0.359 e. The molecule has 0 aliphatic rings. The third-order valence-electron chi connectivity index (χ3n) is 2.23. The van der Waals surface area contributed by atoms with E-state index in [-0.39, 0.29) is 11.0 Å². The van der Waals surface area contributed by atoms with Crippen LogP contribution in [0.3, 0.4) is 0 Å². The monoisotopic (exact) mass is 257 g/mol. The van der Waals surface area contributed by atoms with Gasteiger partial charge >= 0.3 is 10.3 Å². The average molecular weight is 257 g/mol. The normalized spacial score (nSPS) is 12.2. The lowest BCUT2D eigenvalue weighted by Crippen LogP contribution is -2.29. The maximum atomic E-state index is 11.4. The molecule has 0 atom stereocenters. The van der Waals surface area contributed by atoms with Gasteiger partial charge in [0.2, 0.25) is 0 Å². The molecule has 2 N–H and O–H groups in total. The van der Waals surface area contributed by atoms with Crippen LogP contribution in [0.5, 0.6) is 0 Å². The topological polar surface area (TPSA) is 83.5 Å². The van der Waals surface area contributed by atoms with Gasteiger partial charge in [-0.1, -0.05) is 32.9 Å². The van der Waals surface area contributed by atoms with E-state index >= 15 is 0 Å². The highest BCUT2D eigenvalue weighted by molar-refractivity contribution is 7.84. The molecular weight excluding hydrogens is 242 g/mol. The van der Waals surface area contributed by atoms with Crippen LogP contribution in [-0.4, -0.2) is 18.9 Å². The Kier molecular flexibility index (Phi) is 3.59. The molecule has 0 fully saturated rings. The van der Waals surface area contributed by atoms with Crippen molar-refractivity contribution in [3.63, 3.8) is 0 Å². The second-order valence-corrected chi connectivity index (χ2v) is 5.89. The first-order valence-electron chi connectivity index (χ1n) is 5.00. The van der Waals surface area contributed by atoms with Crippen molar-refractivity contribution in [2.45, 2.75) is 26.2 Å². The zero-order valence-electron chi connectivity index (χ0n) is 9.89. The standard InChI is InChI=1S/C11H15NO4S/c1-11(2,3)9-6-4-8(5-7-9)10(13)12-17(14,15)16/h4-7H,1-3H3,(H,12,13)(H,14,15,16). The molecule has 0 radical (unpaired) electrons. The molecule has 0 saturated heterocycles. The van der Waals surface area contributed by atoms with E-state index in [1.165, 1.54) is 16.9 Å². The number of nitrogens with one attached hydrogen (secondary N) is 1. The van der Waals surface area contributed by atoms with Crippen LogP contribution in [0, 0.1) is 0 Å². The summed E-state index contributed by atoms with van der Waals surface area (Å²) < 4.78 is 30.9. The second-order valence-electron chi connectivity index (χ2n) is 4.73. The fraction of sp³-hybridized carbons (Fsp3) is 0.364. The van der Waals surface area contributed by atoms with Crippen LogP contribution in [0.15, 0.2) is 24.3 Å². The third kappa shape index (κ3) is 4.16. The minimum absolute atomic E-state index is 0.0436. The molecule has 94 valence electrons. The Hall–Kier alpha value is -1.40. The molecular formula is C11H15NO4S. The van der Waals surface area contributed by atoms with Gasteiger partial charge in [-0.3, -0.25) is 9.35 Å². The Morgan fingerprint density at radius 3 is 2.00 bits per heavy atom. The van der Waals surface area contributed by atoms with Crippen LogP contribution in [0.1, 0.15) is 36.7 Å². The first-order chi connectivity index (χ1) is 7.59. The van der Waals surface area contributed by atoms with Gasteiger partial charge in [0, 0.05) is 5.56 Å². The fourth-order valence-corrected chi connectivity index (χ4v) is 1.65.